The van der Waals surface area contributed by atoms with Crippen LogP contribution >= 0.6 is 0 Å². The molecule has 0 radical (unpaired) electrons. The Morgan fingerprint density at radius 3 is 2.88 bits per heavy atom. The first kappa shape index (κ1) is 17.3. The summed E-state index contributed by atoms with van der Waals surface area (Å²) in [6, 6.07) is 5.58. The fourth-order valence-electron chi connectivity index (χ4n) is 3.07. The fraction of sp³-hybridized carbons (Fsp3) is 0.474. The lowest BCUT2D eigenvalue weighted by Gasteiger charge is -2.30. The van der Waals surface area contributed by atoms with Gasteiger partial charge in [-0.1, -0.05) is 6.07 Å². The minimum atomic E-state index is -0.222. The maximum atomic E-state index is 12.4. The van der Waals surface area contributed by atoms with Crippen LogP contribution in [0.3, 0.4) is 0 Å². The van der Waals surface area contributed by atoms with Crippen molar-refractivity contribution in [3.8, 4) is 11.5 Å². The second-order valence-corrected chi connectivity index (χ2v) is 6.11. The lowest BCUT2D eigenvalue weighted by molar-refractivity contribution is -0.150. The maximum absolute atomic E-state index is 12.4. The highest BCUT2D eigenvalue weighted by Crippen LogP contribution is 2.31. The molecule has 6 heteroatoms. The molecule has 0 aromatic heterocycles. The predicted octanol–water partition coefficient (Wildman–Crippen LogP) is 2.27. The van der Waals surface area contributed by atoms with Gasteiger partial charge in [-0.05, 0) is 43.5 Å². The van der Waals surface area contributed by atoms with E-state index in [0.29, 0.717) is 38.7 Å². The normalized spacial score (nSPS) is 19.7. The van der Waals surface area contributed by atoms with Gasteiger partial charge in [0.1, 0.15) is 13.2 Å². The van der Waals surface area contributed by atoms with Crippen LogP contribution in [0.4, 0.5) is 0 Å². The van der Waals surface area contributed by atoms with Crippen molar-refractivity contribution in [2.24, 2.45) is 5.92 Å². The summed E-state index contributed by atoms with van der Waals surface area (Å²) in [6.45, 7) is 4.33. The molecule has 2 aliphatic heterocycles. The molecule has 1 fully saturated rings. The molecule has 134 valence electrons. The number of esters is 1. The van der Waals surface area contributed by atoms with E-state index < -0.39 is 0 Å². The zero-order valence-corrected chi connectivity index (χ0v) is 14.4. The van der Waals surface area contributed by atoms with Gasteiger partial charge in [0.2, 0.25) is 5.91 Å². The Morgan fingerprint density at radius 1 is 1.28 bits per heavy atom. The van der Waals surface area contributed by atoms with E-state index in [1.807, 2.05) is 18.2 Å². The van der Waals surface area contributed by atoms with Crippen molar-refractivity contribution < 1.29 is 23.8 Å². The molecule has 0 spiro atoms. The van der Waals surface area contributed by atoms with Crippen LogP contribution in [0.2, 0.25) is 0 Å². The lowest BCUT2D eigenvalue weighted by Crippen LogP contribution is -2.42. The molecule has 0 saturated carbocycles. The van der Waals surface area contributed by atoms with Crippen LogP contribution in [-0.2, 0) is 14.3 Å². The predicted molar refractivity (Wildman–Crippen MR) is 92.4 cm³/mol. The van der Waals surface area contributed by atoms with Crippen molar-refractivity contribution >= 4 is 18.0 Å². The first-order valence-corrected chi connectivity index (χ1v) is 8.70. The van der Waals surface area contributed by atoms with Crippen molar-refractivity contribution in [2.45, 2.75) is 19.8 Å². The lowest BCUT2D eigenvalue weighted by atomic mass is 9.98. The van der Waals surface area contributed by atoms with Gasteiger partial charge in [-0.2, -0.15) is 0 Å². The number of fused-ring (bicyclic) bond motifs is 1. The number of benzene rings is 1. The first-order chi connectivity index (χ1) is 12.2. The molecule has 1 atom stereocenters. The van der Waals surface area contributed by atoms with Crippen LogP contribution in [0.15, 0.2) is 24.3 Å². The largest absolute Gasteiger partial charge is 0.486 e. The third-order valence-corrected chi connectivity index (χ3v) is 4.34. The van der Waals surface area contributed by atoms with Crippen molar-refractivity contribution in [3.05, 3.63) is 29.8 Å². The van der Waals surface area contributed by atoms with E-state index in [0.717, 1.165) is 24.2 Å². The van der Waals surface area contributed by atoms with E-state index in [1.165, 1.54) is 0 Å². The molecular formula is C19H23NO5. The van der Waals surface area contributed by atoms with Crippen LogP contribution in [0.5, 0.6) is 11.5 Å². The van der Waals surface area contributed by atoms with Gasteiger partial charge in [-0.3, -0.25) is 9.59 Å². The Labute approximate surface area is 147 Å². The highest BCUT2D eigenvalue weighted by Gasteiger charge is 2.28. The van der Waals surface area contributed by atoms with Gasteiger partial charge >= 0.3 is 5.97 Å². The van der Waals surface area contributed by atoms with Crippen molar-refractivity contribution in [1.82, 2.24) is 4.90 Å². The van der Waals surface area contributed by atoms with Gasteiger partial charge in [0.15, 0.2) is 11.5 Å². The summed E-state index contributed by atoms with van der Waals surface area (Å²) in [5.41, 5.74) is 0.872. The van der Waals surface area contributed by atoms with E-state index in [9.17, 15) is 9.59 Å². The number of rotatable bonds is 4. The molecule has 2 heterocycles. The molecule has 2 aliphatic rings. The third kappa shape index (κ3) is 4.32. The van der Waals surface area contributed by atoms with Crippen molar-refractivity contribution in [1.29, 1.82) is 0 Å². The quantitative estimate of drug-likeness (QED) is 0.619. The smallest absolute Gasteiger partial charge is 0.310 e. The van der Waals surface area contributed by atoms with Crippen LogP contribution in [0, 0.1) is 5.92 Å². The maximum Gasteiger partial charge on any atom is 0.310 e. The van der Waals surface area contributed by atoms with Gasteiger partial charge in [0, 0.05) is 19.2 Å². The number of carbonyl (C=O) groups excluding carboxylic acids is 2. The van der Waals surface area contributed by atoms with E-state index in [1.54, 1.807) is 24.0 Å². The Balaban J connectivity index is 1.61. The first-order valence-electron chi connectivity index (χ1n) is 8.70. The summed E-state index contributed by atoms with van der Waals surface area (Å²) in [7, 11) is 0. The van der Waals surface area contributed by atoms with Crippen LogP contribution in [0.25, 0.3) is 6.08 Å². The molecule has 1 aromatic carbocycles. The SMILES string of the molecule is CCOC(=O)[C@@H]1CCCN(C(=O)/C=C/c2ccc3c(c2)OCCO3)C1. The molecule has 1 saturated heterocycles. The Kier molecular flexibility index (Phi) is 5.58. The van der Waals surface area contributed by atoms with Gasteiger partial charge < -0.3 is 19.1 Å². The minimum absolute atomic E-state index is 0.0936. The molecule has 6 nitrogen and oxygen atoms in total. The molecule has 1 amide bonds. The molecule has 25 heavy (non-hydrogen) atoms. The topological polar surface area (TPSA) is 65.1 Å². The second kappa shape index (κ2) is 8.05. The number of ether oxygens (including phenoxy) is 3. The average Bonchev–Trinajstić information content (AvgIpc) is 2.66. The van der Waals surface area contributed by atoms with Gasteiger partial charge in [-0.25, -0.2) is 0 Å². The number of likely N-dealkylation sites (tertiary alicyclic amines) is 1. The summed E-state index contributed by atoms with van der Waals surface area (Å²) < 4.78 is 16.1. The molecule has 0 bridgehead atoms. The van der Waals surface area contributed by atoms with Crippen molar-refractivity contribution in [3.63, 3.8) is 0 Å². The monoisotopic (exact) mass is 345 g/mol. The number of amides is 1. The van der Waals surface area contributed by atoms with Gasteiger partial charge in [-0.15, -0.1) is 0 Å². The van der Waals surface area contributed by atoms with E-state index in [2.05, 4.69) is 0 Å². The Morgan fingerprint density at radius 2 is 2.08 bits per heavy atom. The summed E-state index contributed by atoms with van der Waals surface area (Å²) in [5, 5.41) is 0. The summed E-state index contributed by atoms with van der Waals surface area (Å²) in [4.78, 5) is 26.0. The Bertz CT molecular complexity index is 670. The van der Waals surface area contributed by atoms with Gasteiger partial charge in [0.25, 0.3) is 0 Å². The van der Waals surface area contributed by atoms with Crippen LogP contribution in [-0.4, -0.2) is 49.7 Å². The summed E-state index contributed by atoms with van der Waals surface area (Å²) >= 11 is 0. The number of hydrogen-bond acceptors (Lipinski definition) is 5. The van der Waals surface area contributed by atoms with Crippen LogP contribution < -0.4 is 9.47 Å². The number of nitrogens with zero attached hydrogens (tertiary/aromatic N) is 1. The number of hydrogen-bond donors (Lipinski definition) is 0. The minimum Gasteiger partial charge on any atom is -0.486 e. The third-order valence-electron chi connectivity index (χ3n) is 4.34. The summed E-state index contributed by atoms with van der Waals surface area (Å²) in [5.74, 6) is 0.893. The number of carbonyl (C=O) groups is 2. The highest BCUT2D eigenvalue weighted by atomic mass is 16.6. The van der Waals surface area contributed by atoms with Crippen LogP contribution in [0.1, 0.15) is 25.3 Å². The van der Waals surface area contributed by atoms with E-state index >= 15 is 0 Å². The summed E-state index contributed by atoms with van der Waals surface area (Å²) in [6.07, 6.45) is 4.88. The van der Waals surface area contributed by atoms with Gasteiger partial charge in [0.05, 0.1) is 12.5 Å². The van der Waals surface area contributed by atoms with E-state index in [-0.39, 0.29) is 17.8 Å². The second-order valence-electron chi connectivity index (χ2n) is 6.11. The average molecular weight is 345 g/mol. The molecule has 0 N–H and O–H groups in total. The molecule has 0 unspecified atom stereocenters. The molecule has 1 aromatic rings. The molecule has 0 aliphatic carbocycles. The molecular weight excluding hydrogens is 322 g/mol. The number of piperidine rings is 1. The standard InChI is InChI=1S/C19H23NO5/c1-2-23-19(22)15-4-3-9-20(13-15)18(21)8-6-14-5-7-16-17(12-14)25-11-10-24-16/h5-8,12,15H,2-4,9-11,13H2,1H3/b8-6+/t15-/m1/s1. The molecule has 3 rings (SSSR count). The van der Waals surface area contributed by atoms with E-state index in [4.69, 9.17) is 14.2 Å². The highest BCUT2D eigenvalue weighted by molar-refractivity contribution is 5.92. The Hall–Kier alpha value is -2.50. The fourth-order valence-corrected chi connectivity index (χ4v) is 3.07. The zero-order valence-electron chi connectivity index (χ0n) is 14.4. The zero-order chi connectivity index (χ0) is 17.6. The van der Waals surface area contributed by atoms with Crippen molar-refractivity contribution in [2.75, 3.05) is 32.9 Å².